The highest BCUT2D eigenvalue weighted by Crippen LogP contribution is 2.32. The lowest BCUT2D eigenvalue weighted by Crippen LogP contribution is -2.32. The number of nitrogens with zero attached hydrogens (tertiary/aromatic N) is 2. The SMILES string of the molecule is Nc1nc2nc([C@H]3O[C@@H](CO)[C@H](O)[C@@H]3O)[nH]c2c(=O)[nH]1. The van der Waals surface area contributed by atoms with Gasteiger partial charge < -0.3 is 30.8 Å². The Labute approximate surface area is 111 Å². The molecule has 0 spiro atoms. The molecule has 0 amide bonds. The molecule has 0 unspecified atom stereocenters. The number of nitrogens with two attached hydrogens (primary N) is 1. The maximum Gasteiger partial charge on any atom is 0.278 e. The molecule has 3 rings (SSSR count). The van der Waals surface area contributed by atoms with Crippen LogP contribution in [-0.2, 0) is 4.74 Å². The predicted molar refractivity (Wildman–Crippen MR) is 65.6 cm³/mol. The lowest BCUT2D eigenvalue weighted by atomic mass is 10.1. The van der Waals surface area contributed by atoms with E-state index in [-0.39, 0.29) is 22.9 Å². The molecule has 2 aromatic heterocycles. The van der Waals surface area contributed by atoms with E-state index in [1.807, 2.05) is 0 Å². The first-order valence-electron chi connectivity index (χ1n) is 5.89. The number of rotatable bonds is 2. The standard InChI is InChI=1S/C10H13N5O5/c11-10-14-7-3(9(19)15-10)12-8(13-7)6-5(18)4(17)2(1-16)20-6/h2,4-6,16-18H,1H2,(H4,11,12,13,14,15,19)/t2-,4-,5-,6-/m0/s1. The summed E-state index contributed by atoms with van der Waals surface area (Å²) in [5.41, 5.74) is 5.08. The van der Waals surface area contributed by atoms with Gasteiger partial charge in [0, 0.05) is 0 Å². The van der Waals surface area contributed by atoms with Crippen LogP contribution in [0.2, 0.25) is 0 Å². The minimum Gasteiger partial charge on any atom is -0.394 e. The number of hydrogen-bond acceptors (Lipinski definition) is 8. The van der Waals surface area contributed by atoms with Gasteiger partial charge in [-0.3, -0.25) is 9.78 Å². The second-order valence-electron chi connectivity index (χ2n) is 4.53. The normalized spacial score (nSPS) is 30.1. The van der Waals surface area contributed by atoms with Gasteiger partial charge in [-0.15, -0.1) is 0 Å². The fourth-order valence-electron chi connectivity index (χ4n) is 2.20. The Kier molecular flexibility index (Phi) is 2.94. The highest BCUT2D eigenvalue weighted by molar-refractivity contribution is 5.70. The summed E-state index contributed by atoms with van der Waals surface area (Å²) in [5, 5.41) is 28.6. The molecular weight excluding hydrogens is 270 g/mol. The van der Waals surface area contributed by atoms with E-state index in [9.17, 15) is 15.0 Å². The third kappa shape index (κ3) is 1.86. The summed E-state index contributed by atoms with van der Waals surface area (Å²) < 4.78 is 5.31. The Hall–Kier alpha value is -2.01. The van der Waals surface area contributed by atoms with Crippen LogP contribution in [0.3, 0.4) is 0 Å². The van der Waals surface area contributed by atoms with E-state index in [4.69, 9.17) is 15.6 Å². The van der Waals surface area contributed by atoms with Gasteiger partial charge in [-0.1, -0.05) is 0 Å². The van der Waals surface area contributed by atoms with Gasteiger partial charge in [-0.05, 0) is 0 Å². The van der Waals surface area contributed by atoms with Gasteiger partial charge in [0.25, 0.3) is 5.56 Å². The summed E-state index contributed by atoms with van der Waals surface area (Å²) in [5.74, 6) is 0.0489. The first kappa shape index (κ1) is 13.0. The number of aromatic amines is 2. The maximum atomic E-state index is 11.7. The second kappa shape index (κ2) is 4.52. The number of ether oxygens (including phenoxy) is 1. The molecule has 0 radical (unpaired) electrons. The fraction of sp³-hybridized carbons (Fsp3) is 0.500. The van der Waals surface area contributed by atoms with Crippen LogP contribution in [0.4, 0.5) is 5.95 Å². The van der Waals surface area contributed by atoms with Crippen molar-refractivity contribution in [1.82, 2.24) is 19.9 Å². The zero-order valence-corrected chi connectivity index (χ0v) is 10.1. The summed E-state index contributed by atoms with van der Waals surface area (Å²) in [4.78, 5) is 24.5. The van der Waals surface area contributed by atoms with Gasteiger partial charge >= 0.3 is 0 Å². The monoisotopic (exact) mass is 283 g/mol. The Morgan fingerprint density at radius 2 is 2.00 bits per heavy atom. The van der Waals surface area contributed by atoms with E-state index in [0.29, 0.717) is 0 Å². The van der Waals surface area contributed by atoms with Crippen molar-refractivity contribution in [2.45, 2.75) is 24.4 Å². The molecule has 0 aliphatic carbocycles. The highest BCUT2D eigenvalue weighted by Gasteiger charge is 2.44. The summed E-state index contributed by atoms with van der Waals surface area (Å²) in [6.07, 6.45) is -4.42. The van der Waals surface area contributed by atoms with Crippen molar-refractivity contribution in [2.24, 2.45) is 0 Å². The van der Waals surface area contributed by atoms with Crippen LogP contribution in [0, 0.1) is 0 Å². The van der Waals surface area contributed by atoms with Crippen molar-refractivity contribution >= 4 is 17.1 Å². The summed E-state index contributed by atoms with van der Waals surface area (Å²) >= 11 is 0. The molecule has 10 nitrogen and oxygen atoms in total. The molecular formula is C10H13N5O5. The topological polar surface area (TPSA) is 170 Å². The quantitative estimate of drug-likeness (QED) is 0.348. The number of nitrogens with one attached hydrogen (secondary N) is 2. The van der Waals surface area contributed by atoms with E-state index in [2.05, 4.69) is 19.9 Å². The first-order valence-corrected chi connectivity index (χ1v) is 5.89. The Balaban J connectivity index is 2.03. The number of H-pyrrole nitrogens is 2. The van der Waals surface area contributed by atoms with Crippen LogP contribution in [0.1, 0.15) is 11.9 Å². The molecule has 10 heteroatoms. The van der Waals surface area contributed by atoms with E-state index >= 15 is 0 Å². The molecule has 0 bridgehead atoms. The van der Waals surface area contributed by atoms with Gasteiger partial charge in [0.15, 0.2) is 11.2 Å². The lowest BCUT2D eigenvalue weighted by Gasteiger charge is -2.11. The van der Waals surface area contributed by atoms with E-state index in [1.165, 1.54) is 0 Å². The van der Waals surface area contributed by atoms with Crippen molar-refractivity contribution in [3.05, 3.63) is 16.2 Å². The molecule has 20 heavy (non-hydrogen) atoms. The predicted octanol–water partition coefficient (Wildman–Crippen LogP) is -2.62. The van der Waals surface area contributed by atoms with Crippen LogP contribution in [-0.4, -0.2) is 60.2 Å². The molecule has 7 N–H and O–H groups in total. The van der Waals surface area contributed by atoms with Gasteiger partial charge in [-0.2, -0.15) is 4.98 Å². The zero-order chi connectivity index (χ0) is 14.4. The van der Waals surface area contributed by atoms with E-state index in [0.717, 1.165) is 0 Å². The summed E-state index contributed by atoms with van der Waals surface area (Å²) in [6, 6.07) is 0. The van der Waals surface area contributed by atoms with Gasteiger partial charge in [0.05, 0.1) is 6.61 Å². The lowest BCUT2D eigenvalue weighted by molar-refractivity contribution is -0.0249. The number of aromatic nitrogens is 4. The maximum absolute atomic E-state index is 11.7. The number of aliphatic hydroxyl groups excluding tert-OH is 3. The molecule has 1 fully saturated rings. The second-order valence-corrected chi connectivity index (χ2v) is 4.53. The van der Waals surface area contributed by atoms with Gasteiger partial charge in [0.1, 0.15) is 30.2 Å². The van der Waals surface area contributed by atoms with Crippen molar-refractivity contribution < 1.29 is 20.1 Å². The van der Waals surface area contributed by atoms with E-state index in [1.54, 1.807) is 0 Å². The molecule has 4 atom stereocenters. The summed E-state index contributed by atoms with van der Waals surface area (Å²) in [6.45, 7) is -0.444. The zero-order valence-electron chi connectivity index (χ0n) is 10.1. The Bertz CT molecular complexity index is 697. The van der Waals surface area contributed by atoms with Crippen LogP contribution < -0.4 is 11.3 Å². The Morgan fingerprint density at radius 3 is 2.65 bits per heavy atom. The number of aliphatic hydroxyl groups is 3. The van der Waals surface area contributed by atoms with Crippen molar-refractivity contribution in [3.8, 4) is 0 Å². The minimum atomic E-state index is -1.27. The third-order valence-corrected chi connectivity index (χ3v) is 3.21. The number of nitrogen functional groups attached to an aromatic ring is 1. The van der Waals surface area contributed by atoms with Gasteiger partial charge in [0.2, 0.25) is 5.95 Å². The molecule has 0 aromatic carbocycles. The smallest absolute Gasteiger partial charge is 0.278 e. The van der Waals surface area contributed by atoms with Crippen LogP contribution in [0.15, 0.2) is 4.79 Å². The molecule has 2 aromatic rings. The average molecular weight is 283 g/mol. The van der Waals surface area contributed by atoms with Crippen LogP contribution in [0.5, 0.6) is 0 Å². The minimum absolute atomic E-state index is 0.0818. The molecule has 3 heterocycles. The van der Waals surface area contributed by atoms with E-state index < -0.39 is 36.6 Å². The molecule has 1 saturated heterocycles. The van der Waals surface area contributed by atoms with Crippen molar-refractivity contribution in [1.29, 1.82) is 0 Å². The first-order chi connectivity index (χ1) is 9.51. The van der Waals surface area contributed by atoms with Crippen molar-refractivity contribution in [2.75, 3.05) is 12.3 Å². The molecule has 1 aliphatic heterocycles. The summed E-state index contributed by atoms with van der Waals surface area (Å²) in [7, 11) is 0. The third-order valence-electron chi connectivity index (χ3n) is 3.21. The highest BCUT2D eigenvalue weighted by atomic mass is 16.6. The van der Waals surface area contributed by atoms with Crippen molar-refractivity contribution in [3.63, 3.8) is 0 Å². The fourth-order valence-corrected chi connectivity index (χ4v) is 2.20. The van der Waals surface area contributed by atoms with Gasteiger partial charge in [-0.25, -0.2) is 4.98 Å². The number of anilines is 1. The number of fused-ring (bicyclic) bond motifs is 1. The molecule has 1 aliphatic rings. The molecule has 0 saturated carbocycles. The average Bonchev–Trinajstić information content (AvgIpc) is 2.93. The number of hydrogen-bond donors (Lipinski definition) is 6. The molecule has 108 valence electrons. The van der Waals surface area contributed by atoms with Crippen LogP contribution in [0.25, 0.3) is 11.2 Å². The number of imidazole rings is 1. The Morgan fingerprint density at radius 1 is 1.25 bits per heavy atom. The largest absolute Gasteiger partial charge is 0.394 e. The van der Waals surface area contributed by atoms with Crippen LogP contribution >= 0.6 is 0 Å².